The van der Waals surface area contributed by atoms with Crippen LogP contribution < -0.4 is 5.73 Å². The van der Waals surface area contributed by atoms with Gasteiger partial charge in [0, 0.05) is 18.8 Å². The van der Waals surface area contributed by atoms with Gasteiger partial charge in [-0.1, -0.05) is 38.7 Å². The van der Waals surface area contributed by atoms with Crippen molar-refractivity contribution in [2.75, 3.05) is 12.8 Å². The average molecular weight is 310 g/mol. The van der Waals surface area contributed by atoms with Crippen molar-refractivity contribution in [3.05, 3.63) is 23.8 Å². The van der Waals surface area contributed by atoms with E-state index >= 15 is 0 Å². The van der Waals surface area contributed by atoms with Gasteiger partial charge in [0.15, 0.2) is 0 Å². The molecule has 2 N–H and O–H groups in total. The van der Waals surface area contributed by atoms with E-state index in [1.807, 2.05) is 13.0 Å². The molecule has 1 aliphatic carbocycles. The van der Waals surface area contributed by atoms with Crippen LogP contribution in [0.3, 0.4) is 0 Å². The van der Waals surface area contributed by atoms with Crippen LogP contribution >= 0.6 is 0 Å². The smallest absolute Gasteiger partial charge is 0.243 e. The van der Waals surface area contributed by atoms with Gasteiger partial charge in [0.2, 0.25) is 10.0 Å². The highest BCUT2D eigenvalue weighted by Crippen LogP contribution is 2.27. The number of hydrogen-bond acceptors (Lipinski definition) is 3. The molecule has 0 amide bonds. The Bertz CT molecular complexity index is 576. The molecule has 0 atom stereocenters. The first kappa shape index (κ1) is 16.3. The minimum absolute atomic E-state index is 0.115. The summed E-state index contributed by atoms with van der Waals surface area (Å²) < 4.78 is 27.1. The SMILES string of the molecule is CCc1ccc(S(=O)(=O)N(C)C2CCCCCC2)cc1N. The van der Waals surface area contributed by atoms with Crippen LogP contribution in [-0.4, -0.2) is 25.8 Å². The number of nitrogen functional groups attached to an aromatic ring is 1. The van der Waals surface area contributed by atoms with Crippen molar-refractivity contribution in [2.24, 2.45) is 0 Å². The maximum absolute atomic E-state index is 12.8. The summed E-state index contributed by atoms with van der Waals surface area (Å²) in [6, 6.07) is 5.21. The number of anilines is 1. The Kier molecular flexibility index (Phi) is 5.27. The molecule has 1 aliphatic rings. The first-order chi connectivity index (χ1) is 9.96. The Hall–Kier alpha value is -1.07. The first-order valence-corrected chi connectivity index (χ1v) is 9.27. The van der Waals surface area contributed by atoms with Crippen LogP contribution in [0, 0.1) is 0 Å². The van der Waals surface area contributed by atoms with Gasteiger partial charge >= 0.3 is 0 Å². The number of nitrogens with two attached hydrogens (primary N) is 1. The fraction of sp³-hybridized carbons (Fsp3) is 0.625. The molecular formula is C16H26N2O2S. The van der Waals surface area contributed by atoms with Gasteiger partial charge in [-0.15, -0.1) is 0 Å². The molecule has 5 heteroatoms. The van der Waals surface area contributed by atoms with Crippen molar-refractivity contribution in [1.82, 2.24) is 4.31 Å². The summed E-state index contributed by atoms with van der Waals surface area (Å²) in [6.07, 6.45) is 7.37. The van der Waals surface area contributed by atoms with E-state index in [4.69, 9.17) is 5.73 Å². The van der Waals surface area contributed by atoms with Gasteiger partial charge in [-0.25, -0.2) is 8.42 Å². The molecule has 21 heavy (non-hydrogen) atoms. The molecule has 1 aromatic carbocycles. The molecule has 1 aromatic rings. The summed E-state index contributed by atoms with van der Waals surface area (Å²) in [5.41, 5.74) is 7.50. The Morgan fingerprint density at radius 3 is 2.33 bits per heavy atom. The minimum atomic E-state index is -3.45. The van der Waals surface area contributed by atoms with E-state index in [0.717, 1.165) is 37.7 Å². The molecule has 0 aliphatic heterocycles. The summed E-state index contributed by atoms with van der Waals surface area (Å²) in [5, 5.41) is 0. The summed E-state index contributed by atoms with van der Waals surface area (Å²) in [6.45, 7) is 2.01. The second-order valence-corrected chi connectivity index (χ2v) is 7.88. The standard InChI is InChI=1S/C16H26N2O2S/c1-3-13-10-11-15(12-16(13)17)21(19,20)18(2)14-8-6-4-5-7-9-14/h10-12,14H,3-9,17H2,1-2H3. The van der Waals surface area contributed by atoms with Gasteiger partial charge in [-0.3, -0.25) is 0 Å². The number of benzene rings is 1. The quantitative estimate of drug-likeness (QED) is 0.686. The predicted octanol–water partition coefficient (Wildman–Crippen LogP) is 3.17. The Labute approximate surface area is 128 Å². The number of aryl methyl sites for hydroxylation is 1. The zero-order valence-corrected chi connectivity index (χ0v) is 13.8. The second-order valence-electron chi connectivity index (χ2n) is 5.88. The lowest BCUT2D eigenvalue weighted by atomic mass is 10.1. The molecule has 0 bridgehead atoms. The highest BCUT2D eigenvalue weighted by atomic mass is 32.2. The normalized spacial score (nSPS) is 17.9. The lowest BCUT2D eigenvalue weighted by molar-refractivity contribution is 0.336. The van der Waals surface area contributed by atoms with Crippen LogP contribution in [-0.2, 0) is 16.4 Å². The maximum Gasteiger partial charge on any atom is 0.243 e. The van der Waals surface area contributed by atoms with Crippen LogP contribution in [0.5, 0.6) is 0 Å². The molecule has 0 aromatic heterocycles. The summed E-state index contributed by atoms with van der Waals surface area (Å²) in [5.74, 6) is 0. The van der Waals surface area contributed by atoms with Crippen molar-refractivity contribution < 1.29 is 8.42 Å². The Morgan fingerprint density at radius 2 is 1.81 bits per heavy atom. The molecule has 1 fully saturated rings. The molecule has 118 valence electrons. The highest BCUT2D eigenvalue weighted by molar-refractivity contribution is 7.89. The van der Waals surface area contributed by atoms with Gasteiger partial charge < -0.3 is 5.73 Å². The van der Waals surface area contributed by atoms with Crippen LogP contribution in [0.1, 0.15) is 51.0 Å². The zero-order valence-electron chi connectivity index (χ0n) is 13.0. The number of rotatable bonds is 4. The summed E-state index contributed by atoms with van der Waals surface area (Å²) >= 11 is 0. The van der Waals surface area contributed by atoms with Gasteiger partial charge in [0.1, 0.15) is 0 Å². The first-order valence-electron chi connectivity index (χ1n) is 7.83. The van der Waals surface area contributed by atoms with Crippen molar-refractivity contribution in [3.8, 4) is 0 Å². The van der Waals surface area contributed by atoms with E-state index in [-0.39, 0.29) is 6.04 Å². The minimum Gasteiger partial charge on any atom is -0.398 e. The van der Waals surface area contributed by atoms with Gasteiger partial charge in [-0.2, -0.15) is 4.31 Å². The molecule has 0 spiro atoms. The molecule has 0 radical (unpaired) electrons. The van der Waals surface area contributed by atoms with E-state index in [1.54, 1.807) is 23.5 Å². The molecule has 4 nitrogen and oxygen atoms in total. The molecule has 0 heterocycles. The lowest BCUT2D eigenvalue weighted by Crippen LogP contribution is -2.36. The van der Waals surface area contributed by atoms with Crippen molar-refractivity contribution in [3.63, 3.8) is 0 Å². The summed E-state index contributed by atoms with van der Waals surface area (Å²) in [4.78, 5) is 0.309. The predicted molar refractivity (Wildman–Crippen MR) is 86.7 cm³/mol. The third-order valence-electron chi connectivity index (χ3n) is 4.51. The average Bonchev–Trinajstić information content (AvgIpc) is 2.75. The van der Waals surface area contributed by atoms with Crippen LogP contribution in [0.2, 0.25) is 0 Å². The lowest BCUT2D eigenvalue weighted by Gasteiger charge is -2.26. The third kappa shape index (κ3) is 3.58. The molecule has 2 rings (SSSR count). The van der Waals surface area contributed by atoms with Crippen LogP contribution in [0.4, 0.5) is 5.69 Å². The van der Waals surface area contributed by atoms with Crippen LogP contribution in [0.25, 0.3) is 0 Å². The van der Waals surface area contributed by atoms with E-state index in [9.17, 15) is 8.42 Å². The molecule has 0 unspecified atom stereocenters. The summed E-state index contributed by atoms with van der Waals surface area (Å²) in [7, 11) is -1.75. The fourth-order valence-corrected chi connectivity index (χ4v) is 4.49. The van der Waals surface area contributed by atoms with Crippen molar-refractivity contribution in [2.45, 2.75) is 62.8 Å². The van der Waals surface area contributed by atoms with Crippen LogP contribution in [0.15, 0.2) is 23.1 Å². The van der Waals surface area contributed by atoms with E-state index in [1.165, 1.54) is 12.8 Å². The number of hydrogen-bond donors (Lipinski definition) is 1. The van der Waals surface area contributed by atoms with E-state index < -0.39 is 10.0 Å². The number of nitrogens with zero attached hydrogens (tertiary/aromatic N) is 1. The Morgan fingerprint density at radius 1 is 1.19 bits per heavy atom. The largest absolute Gasteiger partial charge is 0.398 e. The van der Waals surface area contributed by atoms with Crippen molar-refractivity contribution >= 4 is 15.7 Å². The monoisotopic (exact) mass is 310 g/mol. The molecule has 1 saturated carbocycles. The molecular weight excluding hydrogens is 284 g/mol. The van der Waals surface area contributed by atoms with Gasteiger partial charge in [0.25, 0.3) is 0 Å². The maximum atomic E-state index is 12.8. The topological polar surface area (TPSA) is 63.4 Å². The molecule has 0 saturated heterocycles. The van der Waals surface area contributed by atoms with E-state index in [0.29, 0.717) is 10.6 Å². The van der Waals surface area contributed by atoms with E-state index in [2.05, 4.69) is 0 Å². The third-order valence-corrected chi connectivity index (χ3v) is 6.42. The second kappa shape index (κ2) is 6.79. The zero-order chi connectivity index (χ0) is 15.5. The highest BCUT2D eigenvalue weighted by Gasteiger charge is 2.28. The Balaban J connectivity index is 2.25. The van der Waals surface area contributed by atoms with Crippen molar-refractivity contribution in [1.29, 1.82) is 0 Å². The van der Waals surface area contributed by atoms with Gasteiger partial charge in [0.05, 0.1) is 4.90 Å². The fourth-order valence-electron chi connectivity index (χ4n) is 3.04. The van der Waals surface area contributed by atoms with Gasteiger partial charge in [-0.05, 0) is 37.0 Å². The number of sulfonamides is 1.